The molecule has 1 heterocycles. The smallest absolute Gasteiger partial charge is 0.264 e. The van der Waals surface area contributed by atoms with Gasteiger partial charge in [0.25, 0.3) is 10.0 Å². The van der Waals surface area contributed by atoms with Gasteiger partial charge in [-0.15, -0.1) is 0 Å². The first-order valence-corrected chi connectivity index (χ1v) is 14.5. The maximum atomic E-state index is 13.5. The van der Waals surface area contributed by atoms with Crippen LogP contribution in [0.25, 0.3) is 0 Å². The fraction of sp³-hybridized carbons (Fsp3) is 0.269. The Morgan fingerprint density at radius 2 is 1.47 bits per heavy atom. The Labute approximate surface area is 212 Å². The number of sulfonamides is 2. The van der Waals surface area contributed by atoms with Crippen molar-refractivity contribution in [3.05, 3.63) is 83.9 Å². The van der Waals surface area contributed by atoms with Crippen molar-refractivity contribution in [2.75, 3.05) is 29.3 Å². The van der Waals surface area contributed by atoms with Crippen molar-refractivity contribution < 1.29 is 21.6 Å². The third kappa shape index (κ3) is 5.30. The third-order valence-electron chi connectivity index (χ3n) is 6.30. The summed E-state index contributed by atoms with van der Waals surface area (Å²) < 4.78 is 55.1. The number of hydrogen-bond donors (Lipinski definition) is 1. The monoisotopic (exact) mass is 527 g/mol. The minimum absolute atomic E-state index is 0.0789. The van der Waals surface area contributed by atoms with Crippen LogP contribution in [0.15, 0.2) is 82.6 Å². The van der Waals surface area contributed by atoms with Gasteiger partial charge in [0.1, 0.15) is 6.54 Å². The quantitative estimate of drug-likeness (QED) is 0.478. The van der Waals surface area contributed by atoms with Gasteiger partial charge >= 0.3 is 0 Å². The van der Waals surface area contributed by atoms with Crippen LogP contribution in [0, 0.1) is 13.8 Å². The van der Waals surface area contributed by atoms with Crippen molar-refractivity contribution in [3.8, 4) is 0 Å². The number of benzene rings is 3. The summed E-state index contributed by atoms with van der Waals surface area (Å²) in [6, 6.07) is 19.2. The predicted molar refractivity (Wildman–Crippen MR) is 140 cm³/mol. The average Bonchev–Trinajstić information content (AvgIpc) is 3.41. The Balaban J connectivity index is 1.58. The lowest BCUT2D eigenvalue weighted by molar-refractivity contribution is -0.114. The maximum Gasteiger partial charge on any atom is 0.264 e. The molecule has 8 nitrogen and oxygen atoms in total. The van der Waals surface area contributed by atoms with Crippen LogP contribution in [0.1, 0.15) is 24.0 Å². The first-order valence-electron chi connectivity index (χ1n) is 11.6. The number of amides is 1. The number of anilines is 2. The summed E-state index contributed by atoms with van der Waals surface area (Å²) in [4.78, 5) is 13.3. The number of nitrogens with zero attached hydrogens (tertiary/aromatic N) is 2. The van der Waals surface area contributed by atoms with Crippen LogP contribution in [0.5, 0.6) is 0 Å². The Bertz CT molecular complexity index is 1450. The lowest BCUT2D eigenvalue weighted by Crippen LogP contribution is -2.38. The van der Waals surface area contributed by atoms with Crippen molar-refractivity contribution >= 4 is 37.3 Å². The summed E-state index contributed by atoms with van der Waals surface area (Å²) >= 11 is 0. The van der Waals surface area contributed by atoms with E-state index in [1.54, 1.807) is 30.3 Å². The molecule has 1 saturated heterocycles. The van der Waals surface area contributed by atoms with Crippen molar-refractivity contribution in [2.45, 2.75) is 36.5 Å². The molecule has 0 radical (unpaired) electrons. The lowest BCUT2D eigenvalue weighted by atomic mass is 10.1. The third-order valence-corrected chi connectivity index (χ3v) is 9.99. The molecule has 1 aliphatic heterocycles. The zero-order valence-electron chi connectivity index (χ0n) is 20.2. The summed E-state index contributed by atoms with van der Waals surface area (Å²) in [5.74, 6) is -0.550. The highest BCUT2D eigenvalue weighted by Gasteiger charge is 2.29. The van der Waals surface area contributed by atoms with Crippen LogP contribution in [0.4, 0.5) is 11.4 Å². The largest absolute Gasteiger partial charge is 0.325 e. The predicted octanol–water partition coefficient (Wildman–Crippen LogP) is 3.92. The van der Waals surface area contributed by atoms with Crippen molar-refractivity contribution in [2.24, 2.45) is 0 Å². The Morgan fingerprint density at radius 1 is 0.833 bits per heavy atom. The van der Waals surface area contributed by atoms with Crippen LogP contribution >= 0.6 is 0 Å². The minimum Gasteiger partial charge on any atom is -0.325 e. The van der Waals surface area contributed by atoms with Gasteiger partial charge in [0.2, 0.25) is 15.9 Å². The summed E-state index contributed by atoms with van der Waals surface area (Å²) in [5.41, 5.74) is 2.44. The highest BCUT2D eigenvalue weighted by molar-refractivity contribution is 7.92. The molecule has 1 N–H and O–H groups in total. The van der Waals surface area contributed by atoms with E-state index in [1.807, 2.05) is 19.9 Å². The van der Waals surface area contributed by atoms with E-state index in [0.717, 1.165) is 28.3 Å². The van der Waals surface area contributed by atoms with Crippen LogP contribution in [-0.2, 0) is 24.8 Å². The lowest BCUT2D eigenvalue weighted by Gasteiger charge is -2.26. The van der Waals surface area contributed by atoms with E-state index in [2.05, 4.69) is 5.32 Å². The summed E-state index contributed by atoms with van der Waals surface area (Å²) in [6.45, 7) is 4.25. The molecule has 1 fully saturated rings. The average molecular weight is 528 g/mol. The Kier molecular flexibility index (Phi) is 7.49. The minimum atomic E-state index is -4.03. The number of aryl methyl sites for hydroxylation is 1. The first-order chi connectivity index (χ1) is 17.1. The van der Waals surface area contributed by atoms with Gasteiger partial charge in [-0.2, -0.15) is 4.31 Å². The summed E-state index contributed by atoms with van der Waals surface area (Å²) in [6.07, 6.45) is 1.69. The van der Waals surface area contributed by atoms with Gasteiger partial charge in [0.05, 0.1) is 15.5 Å². The standard InChI is InChI=1S/C26H29N3O5S2/c1-20-9-8-12-25(21(20)2)29(36(33,34)23-10-4-3-5-11-23)19-26(30)27-22-13-15-24(16-14-22)35(31,32)28-17-6-7-18-28/h3-5,8-16H,6-7,17-19H2,1-2H3,(H,27,30). The normalized spacial score (nSPS) is 14.5. The van der Waals surface area contributed by atoms with E-state index in [4.69, 9.17) is 0 Å². The summed E-state index contributed by atoms with van der Waals surface area (Å²) in [7, 11) is -7.59. The van der Waals surface area contributed by atoms with E-state index < -0.39 is 32.5 Å². The molecule has 1 aliphatic rings. The molecule has 3 aromatic rings. The highest BCUT2D eigenvalue weighted by Crippen LogP contribution is 2.29. The van der Waals surface area contributed by atoms with Gasteiger partial charge in [-0.25, -0.2) is 16.8 Å². The van der Waals surface area contributed by atoms with E-state index in [1.165, 1.54) is 40.7 Å². The number of carbonyl (C=O) groups excluding carboxylic acids is 1. The molecule has 0 unspecified atom stereocenters. The van der Waals surface area contributed by atoms with E-state index >= 15 is 0 Å². The second kappa shape index (κ2) is 10.4. The molecule has 0 atom stereocenters. The van der Waals surface area contributed by atoms with Gasteiger partial charge in [-0.05, 0) is 80.3 Å². The molecule has 0 spiro atoms. The Hall–Kier alpha value is -3.21. The van der Waals surface area contributed by atoms with Crippen molar-refractivity contribution in [3.63, 3.8) is 0 Å². The van der Waals surface area contributed by atoms with Gasteiger partial charge in [0.15, 0.2) is 0 Å². The van der Waals surface area contributed by atoms with Crippen molar-refractivity contribution in [1.29, 1.82) is 0 Å². The molecular formula is C26H29N3O5S2. The van der Waals surface area contributed by atoms with E-state index in [9.17, 15) is 21.6 Å². The van der Waals surface area contributed by atoms with Gasteiger partial charge in [0, 0.05) is 18.8 Å². The van der Waals surface area contributed by atoms with E-state index in [-0.39, 0.29) is 9.79 Å². The van der Waals surface area contributed by atoms with Crippen LogP contribution in [0.2, 0.25) is 0 Å². The summed E-state index contributed by atoms with van der Waals surface area (Å²) in [5, 5.41) is 2.69. The number of nitrogens with one attached hydrogen (secondary N) is 1. The highest BCUT2D eigenvalue weighted by atomic mass is 32.2. The molecule has 0 bridgehead atoms. The van der Waals surface area contributed by atoms with Crippen molar-refractivity contribution in [1.82, 2.24) is 4.31 Å². The molecule has 190 valence electrons. The fourth-order valence-corrected chi connectivity index (χ4v) is 7.16. The first kappa shape index (κ1) is 25.9. The number of hydrogen-bond acceptors (Lipinski definition) is 5. The zero-order chi connectivity index (χ0) is 25.9. The zero-order valence-corrected chi connectivity index (χ0v) is 21.8. The second-order valence-electron chi connectivity index (χ2n) is 8.73. The molecule has 4 rings (SSSR count). The van der Waals surface area contributed by atoms with Crippen LogP contribution in [0.3, 0.4) is 0 Å². The van der Waals surface area contributed by atoms with E-state index in [0.29, 0.717) is 24.5 Å². The molecule has 1 amide bonds. The molecule has 36 heavy (non-hydrogen) atoms. The molecular weight excluding hydrogens is 498 g/mol. The molecule has 0 aromatic heterocycles. The van der Waals surface area contributed by atoms with Crippen LogP contribution < -0.4 is 9.62 Å². The topological polar surface area (TPSA) is 104 Å². The van der Waals surface area contributed by atoms with Gasteiger partial charge in [-0.3, -0.25) is 9.10 Å². The Morgan fingerprint density at radius 3 is 2.11 bits per heavy atom. The molecule has 0 saturated carbocycles. The second-order valence-corrected chi connectivity index (χ2v) is 12.5. The SMILES string of the molecule is Cc1cccc(N(CC(=O)Nc2ccc(S(=O)(=O)N3CCCC3)cc2)S(=O)(=O)c2ccccc2)c1C. The van der Waals surface area contributed by atoms with Gasteiger partial charge < -0.3 is 5.32 Å². The van der Waals surface area contributed by atoms with Gasteiger partial charge in [-0.1, -0.05) is 30.3 Å². The molecule has 10 heteroatoms. The fourth-order valence-electron chi connectivity index (χ4n) is 4.14. The molecule has 3 aromatic carbocycles. The number of rotatable bonds is 8. The maximum absolute atomic E-state index is 13.5. The molecule has 0 aliphatic carbocycles. The van der Waals surface area contributed by atoms with Crippen LogP contribution in [-0.4, -0.2) is 46.7 Å². The number of carbonyl (C=O) groups is 1.